The third kappa shape index (κ3) is 3.60. The number of benzene rings is 1. The quantitative estimate of drug-likeness (QED) is 0.942. The molecule has 1 N–H and O–H groups in total. The van der Waals surface area contributed by atoms with Crippen molar-refractivity contribution in [2.75, 3.05) is 18.0 Å². The van der Waals surface area contributed by atoms with Gasteiger partial charge in [-0.1, -0.05) is 55.5 Å². The first kappa shape index (κ1) is 14.5. The molecule has 0 radical (unpaired) electrons. The minimum Gasteiger partial charge on any atom is -0.345 e. The van der Waals surface area contributed by atoms with Gasteiger partial charge in [0.1, 0.15) is 5.01 Å². The molecule has 0 bridgehead atoms. The second-order valence-electron chi connectivity index (χ2n) is 5.86. The van der Waals surface area contributed by atoms with Crippen LogP contribution in [0.2, 0.25) is 0 Å². The fraction of sp³-hybridized carbons (Fsp3) is 0.500. The Morgan fingerprint density at radius 2 is 2.05 bits per heavy atom. The van der Waals surface area contributed by atoms with E-state index in [-0.39, 0.29) is 0 Å². The maximum atomic E-state index is 4.40. The molecular formula is C16H22N4S. The first-order chi connectivity index (χ1) is 10.2. The topological polar surface area (TPSA) is 41.0 Å². The van der Waals surface area contributed by atoms with Crippen LogP contribution in [-0.4, -0.2) is 35.4 Å². The number of anilines is 1. The van der Waals surface area contributed by atoms with Gasteiger partial charge in [-0.05, 0) is 12.8 Å². The molecule has 1 aliphatic rings. The number of hydrogen-bond acceptors (Lipinski definition) is 5. The molecule has 3 rings (SSSR count). The van der Waals surface area contributed by atoms with Gasteiger partial charge in [0.15, 0.2) is 0 Å². The van der Waals surface area contributed by atoms with E-state index in [0.29, 0.717) is 12.1 Å². The lowest BCUT2D eigenvalue weighted by Crippen LogP contribution is -2.47. The van der Waals surface area contributed by atoms with Crippen molar-refractivity contribution in [1.82, 2.24) is 15.5 Å². The molecule has 1 atom stereocenters. The maximum absolute atomic E-state index is 4.40. The molecule has 21 heavy (non-hydrogen) atoms. The molecular weight excluding hydrogens is 280 g/mol. The van der Waals surface area contributed by atoms with Crippen LogP contribution < -0.4 is 10.2 Å². The molecule has 2 aromatic rings. The summed E-state index contributed by atoms with van der Waals surface area (Å²) in [5, 5.41) is 14.4. The van der Waals surface area contributed by atoms with Gasteiger partial charge in [0.05, 0.1) is 0 Å². The number of nitrogens with zero attached hydrogens (tertiary/aromatic N) is 3. The summed E-state index contributed by atoms with van der Waals surface area (Å²) < 4.78 is 0. The number of aromatic nitrogens is 2. The van der Waals surface area contributed by atoms with E-state index < -0.39 is 0 Å². The number of nitrogens with one attached hydrogen (secondary N) is 1. The lowest BCUT2D eigenvalue weighted by Gasteiger charge is -2.33. The van der Waals surface area contributed by atoms with Gasteiger partial charge in [-0.2, -0.15) is 0 Å². The van der Waals surface area contributed by atoms with Gasteiger partial charge in [-0.3, -0.25) is 0 Å². The largest absolute Gasteiger partial charge is 0.345 e. The standard InChI is InChI=1S/C16H22N4S/c1-12(2)17-14-9-6-10-20(11-14)16-19-18-15(21-16)13-7-4-3-5-8-13/h3-5,7-8,12,14,17H,6,9-11H2,1-2H3. The zero-order valence-corrected chi connectivity index (χ0v) is 13.4. The first-order valence-electron chi connectivity index (χ1n) is 7.62. The third-order valence-electron chi connectivity index (χ3n) is 3.70. The zero-order valence-electron chi connectivity index (χ0n) is 12.6. The highest BCUT2D eigenvalue weighted by atomic mass is 32.1. The van der Waals surface area contributed by atoms with Crippen molar-refractivity contribution in [1.29, 1.82) is 0 Å². The SMILES string of the molecule is CC(C)NC1CCCN(c2nnc(-c3ccccc3)s2)C1. The van der Waals surface area contributed by atoms with Crippen LogP contribution in [0.4, 0.5) is 5.13 Å². The fourth-order valence-corrected chi connectivity index (χ4v) is 3.68. The van der Waals surface area contributed by atoms with Crippen molar-refractivity contribution in [3.63, 3.8) is 0 Å². The monoisotopic (exact) mass is 302 g/mol. The predicted molar refractivity (Wildman–Crippen MR) is 88.9 cm³/mol. The maximum Gasteiger partial charge on any atom is 0.208 e. The molecule has 0 spiro atoms. The molecule has 1 unspecified atom stereocenters. The van der Waals surface area contributed by atoms with Crippen LogP contribution in [0, 0.1) is 0 Å². The van der Waals surface area contributed by atoms with Crippen LogP contribution in [0.5, 0.6) is 0 Å². The molecule has 1 aliphatic heterocycles. The Morgan fingerprint density at radius 1 is 1.24 bits per heavy atom. The average molecular weight is 302 g/mol. The van der Waals surface area contributed by atoms with Crippen LogP contribution in [0.1, 0.15) is 26.7 Å². The van der Waals surface area contributed by atoms with Gasteiger partial charge in [-0.15, -0.1) is 10.2 Å². The smallest absolute Gasteiger partial charge is 0.208 e. The first-order valence-corrected chi connectivity index (χ1v) is 8.44. The van der Waals surface area contributed by atoms with Crippen LogP contribution >= 0.6 is 11.3 Å². The molecule has 1 aromatic carbocycles. The van der Waals surface area contributed by atoms with Crippen molar-refractivity contribution in [3.8, 4) is 10.6 Å². The highest BCUT2D eigenvalue weighted by Crippen LogP contribution is 2.30. The molecule has 112 valence electrons. The molecule has 1 saturated heterocycles. The van der Waals surface area contributed by atoms with Crippen LogP contribution in [0.25, 0.3) is 10.6 Å². The molecule has 5 heteroatoms. The van der Waals surface area contributed by atoms with Crippen molar-refractivity contribution < 1.29 is 0 Å². The second kappa shape index (κ2) is 6.54. The van der Waals surface area contributed by atoms with Crippen molar-refractivity contribution in [3.05, 3.63) is 30.3 Å². The highest BCUT2D eigenvalue weighted by molar-refractivity contribution is 7.18. The Hall–Kier alpha value is -1.46. The second-order valence-corrected chi connectivity index (χ2v) is 6.82. The molecule has 4 nitrogen and oxygen atoms in total. The Bertz CT molecular complexity index is 567. The van der Waals surface area contributed by atoms with E-state index in [1.165, 1.54) is 12.8 Å². The summed E-state index contributed by atoms with van der Waals surface area (Å²) in [5.41, 5.74) is 1.15. The summed E-state index contributed by atoms with van der Waals surface area (Å²) in [6, 6.07) is 11.4. The molecule has 0 amide bonds. The van der Waals surface area contributed by atoms with E-state index in [9.17, 15) is 0 Å². The molecule has 0 aliphatic carbocycles. The summed E-state index contributed by atoms with van der Waals surface area (Å²) >= 11 is 1.69. The molecule has 1 aromatic heterocycles. The minimum absolute atomic E-state index is 0.532. The van der Waals surface area contributed by atoms with Crippen molar-refractivity contribution in [2.24, 2.45) is 0 Å². The number of hydrogen-bond donors (Lipinski definition) is 1. The lowest BCUT2D eigenvalue weighted by molar-refractivity contribution is 0.394. The van der Waals surface area contributed by atoms with Crippen molar-refractivity contribution >= 4 is 16.5 Å². The van der Waals surface area contributed by atoms with E-state index in [4.69, 9.17) is 0 Å². The molecule has 2 heterocycles. The van der Waals surface area contributed by atoms with E-state index in [2.05, 4.69) is 46.4 Å². The van der Waals surface area contributed by atoms with Gasteiger partial charge in [0.25, 0.3) is 0 Å². The van der Waals surface area contributed by atoms with Gasteiger partial charge in [0.2, 0.25) is 5.13 Å². The molecule has 0 saturated carbocycles. The lowest BCUT2D eigenvalue weighted by atomic mass is 10.1. The normalized spacial score (nSPS) is 19.2. The summed E-state index contributed by atoms with van der Waals surface area (Å²) in [5.74, 6) is 0. The molecule has 1 fully saturated rings. The summed E-state index contributed by atoms with van der Waals surface area (Å²) in [6.45, 7) is 6.52. The zero-order chi connectivity index (χ0) is 14.7. The fourth-order valence-electron chi connectivity index (χ4n) is 2.80. The van der Waals surface area contributed by atoms with Gasteiger partial charge in [0, 0.05) is 30.7 Å². The van der Waals surface area contributed by atoms with Gasteiger partial charge < -0.3 is 10.2 Å². The summed E-state index contributed by atoms with van der Waals surface area (Å²) in [6.07, 6.45) is 2.46. The average Bonchev–Trinajstić information content (AvgIpc) is 2.98. The summed E-state index contributed by atoms with van der Waals surface area (Å²) in [4.78, 5) is 2.37. The van der Waals surface area contributed by atoms with Crippen LogP contribution in [0.15, 0.2) is 30.3 Å². The van der Waals surface area contributed by atoms with E-state index >= 15 is 0 Å². The summed E-state index contributed by atoms with van der Waals surface area (Å²) in [7, 11) is 0. The Balaban J connectivity index is 1.71. The minimum atomic E-state index is 0.532. The number of piperidine rings is 1. The predicted octanol–water partition coefficient (Wildman–Crippen LogP) is 3.17. The van der Waals surface area contributed by atoms with Gasteiger partial charge >= 0.3 is 0 Å². The Kier molecular flexibility index (Phi) is 4.51. The van der Waals surface area contributed by atoms with E-state index in [1.807, 2.05) is 18.2 Å². The van der Waals surface area contributed by atoms with Crippen LogP contribution in [0.3, 0.4) is 0 Å². The van der Waals surface area contributed by atoms with E-state index in [1.54, 1.807) is 11.3 Å². The Labute approximate surface area is 130 Å². The highest BCUT2D eigenvalue weighted by Gasteiger charge is 2.23. The Morgan fingerprint density at radius 3 is 2.81 bits per heavy atom. The number of rotatable bonds is 4. The van der Waals surface area contributed by atoms with Crippen LogP contribution in [-0.2, 0) is 0 Å². The van der Waals surface area contributed by atoms with Crippen molar-refractivity contribution in [2.45, 2.75) is 38.8 Å². The van der Waals surface area contributed by atoms with E-state index in [0.717, 1.165) is 28.8 Å². The van der Waals surface area contributed by atoms with Gasteiger partial charge in [-0.25, -0.2) is 0 Å². The third-order valence-corrected chi connectivity index (χ3v) is 4.73.